The van der Waals surface area contributed by atoms with Crippen LogP contribution in [0.1, 0.15) is 25.3 Å². The minimum Gasteiger partial charge on any atom is -0.376 e. The van der Waals surface area contributed by atoms with Gasteiger partial charge in [-0.15, -0.1) is 0 Å². The third-order valence-corrected chi connectivity index (χ3v) is 4.67. The van der Waals surface area contributed by atoms with Gasteiger partial charge < -0.3 is 25.6 Å². The molecule has 136 valence electrons. The largest absolute Gasteiger partial charge is 0.376 e. The third-order valence-electron chi connectivity index (χ3n) is 4.67. The van der Waals surface area contributed by atoms with E-state index in [0.717, 1.165) is 37.2 Å². The number of amides is 3. The molecule has 2 heterocycles. The van der Waals surface area contributed by atoms with E-state index in [1.54, 1.807) is 0 Å². The first-order valence-electron chi connectivity index (χ1n) is 8.88. The van der Waals surface area contributed by atoms with Gasteiger partial charge in [-0.05, 0) is 37.5 Å². The number of piperazine rings is 1. The van der Waals surface area contributed by atoms with Crippen LogP contribution < -0.4 is 20.9 Å². The summed E-state index contributed by atoms with van der Waals surface area (Å²) >= 11 is 0. The molecule has 0 aromatic heterocycles. The van der Waals surface area contributed by atoms with E-state index in [1.807, 2.05) is 36.1 Å². The molecule has 25 heavy (non-hydrogen) atoms. The first-order valence-corrected chi connectivity index (χ1v) is 8.88. The summed E-state index contributed by atoms with van der Waals surface area (Å²) in [7, 11) is 0. The molecule has 3 rings (SSSR count). The number of carbonyl (C=O) groups is 2. The number of benzene rings is 1. The van der Waals surface area contributed by atoms with Crippen molar-refractivity contribution in [3.05, 3.63) is 29.8 Å². The molecule has 7 heteroatoms. The van der Waals surface area contributed by atoms with Crippen molar-refractivity contribution in [2.24, 2.45) is 0 Å². The number of ether oxygens (including phenoxy) is 1. The first-order chi connectivity index (χ1) is 12.1. The molecule has 2 atom stereocenters. The van der Waals surface area contributed by atoms with Crippen molar-refractivity contribution in [2.45, 2.75) is 38.5 Å². The van der Waals surface area contributed by atoms with Crippen LogP contribution in [-0.2, 0) is 16.1 Å². The van der Waals surface area contributed by atoms with Gasteiger partial charge in [0.25, 0.3) is 0 Å². The summed E-state index contributed by atoms with van der Waals surface area (Å²) in [5.41, 5.74) is 2.04. The fourth-order valence-electron chi connectivity index (χ4n) is 3.21. The molecular weight excluding hydrogens is 320 g/mol. The average molecular weight is 346 g/mol. The summed E-state index contributed by atoms with van der Waals surface area (Å²) < 4.78 is 5.58. The van der Waals surface area contributed by atoms with Crippen molar-refractivity contribution >= 4 is 17.6 Å². The maximum Gasteiger partial charge on any atom is 0.315 e. The van der Waals surface area contributed by atoms with E-state index in [9.17, 15) is 9.59 Å². The highest BCUT2D eigenvalue weighted by Gasteiger charge is 2.23. The van der Waals surface area contributed by atoms with Crippen molar-refractivity contribution in [1.29, 1.82) is 0 Å². The van der Waals surface area contributed by atoms with Gasteiger partial charge in [0.2, 0.25) is 5.91 Å². The van der Waals surface area contributed by atoms with Crippen molar-refractivity contribution < 1.29 is 14.3 Å². The lowest BCUT2D eigenvalue weighted by atomic mass is 10.1. The third kappa shape index (κ3) is 4.85. The topological polar surface area (TPSA) is 82.7 Å². The Morgan fingerprint density at radius 2 is 2.20 bits per heavy atom. The van der Waals surface area contributed by atoms with Crippen LogP contribution in [0.15, 0.2) is 24.3 Å². The molecule has 2 fully saturated rings. The zero-order valence-electron chi connectivity index (χ0n) is 14.6. The highest BCUT2D eigenvalue weighted by molar-refractivity contribution is 5.82. The van der Waals surface area contributed by atoms with Gasteiger partial charge >= 0.3 is 6.03 Å². The number of anilines is 1. The molecule has 2 aliphatic rings. The normalized spacial score (nSPS) is 21.6. The summed E-state index contributed by atoms with van der Waals surface area (Å²) in [5.74, 6) is 0.0500. The fraction of sp³-hybridized carbons (Fsp3) is 0.556. The number of urea groups is 1. The van der Waals surface area contributed by atoms with Gasteiger partial charge in [-0.3, -0.25) is 4.79 Å². The summed E-state index contributed by atoms with van der Waals surface area (Å²) in [6.45, 7) is 5.09. The summed E-state index contributed by atoms with van der Waals surface area (Å²) in [6.07, 6.45) is 2.17. The van der Waals surface area contributed by atoms with Gasteiger partial charge in [0.05, 0.1) is 18.7 Å². The van der Waals surface area contributed by atoms with Crippen LogP contribution in [0.25, 0.3) is 0 Å². The Hall–Kier alpha value is -2.28. The summed E-state index contributed by atoms with van der Waals surface area (Å²) in [6, 6.07) is 7.76. The van der Waals surface area contributed by atoms with Gasteiger partial charge in [0.1, 0.15) is 0 Å². The maximum absolute atomic E-state index is 12.0. The number of carbonyl (C=O) groups excluding carboxylic acids is 2. The molecule has 2 saturated heterocycles. The van der Waals surface area contributed by atoms with E-state index in [-0.39, 0.29) is 24.1 Å². The lowest BCUT2D eigenvalue weighted by Crippen LogP contribution is -2.47. The molecule has 1 aromatic carbocycles. The van der Waals surface area contributed by atoms with Gasteiger partial charge in [-0.1, -0.05) is 12.1 Å². The van der Waals surface area contributed by atoms with Crippen LogP contribution in [0, 0.1) is 0 Å². The van der Waals surface area contributed by atoms with E-state index in [4.69, 9.17) is 4.74 Å². The molecule has 3 N–H and O–H groups in total. The van der Waals surface area contributed by atoms with Crippen LogP contribution in [0.2, 0.25) is 0 Å². The summed E-state index contributed by atoms with van der Waals surface area (Å²) in [5, 5.41) is 8.63. The van der Waals surface area contributed by atoms with Crippen molar-refractivity contribution in [2.75, 3.05) is 31.1 Å². The lowest BCUT2D eigenvalue weighted by Gasteiger charge is -2.28. The van der Waals surface area contributed by atoms with Gasteiger partial charge in [-0.2, -0.15) is 0 Å². The number of hydrogen-bond donors (Lipinski definition) is 3. The van der Waals surface area contributed by atoms with Crippen LogP contribution in [0.4, 0.5) is 10.5 Å². The van der Waals surface area contributed by atoms with Gasteiger partial charge in [0.15, 0.2) is 0 Å². The molecule has 3 amide bonds. The van der Waals surface area contributed by atoms with E-state index >= 15 is 0 Å². The molecule has 0 saturated carbocycles. The minimum absolute atomic E-state index is 0.00937. The van der Waals surface area contributed by atoms with E-state index in [2.05, 4.69) is 16.0 Å². The average Bonchev–Trinajstić information content (AvgIpc) is 3.15. The van der Waals surface area contributed by atoms with Gasteiger partial charge in [-0.25, -0.2) is 4.79 Å². The Balaban J connectivity index is 1.45. The second-order valence-electron chi connectivity index (χ2n) is 6.61. The fourth-order valence-corrected chi connectivity index (χ4v) is 3.21. The quantitative estimate of drug-likeness (QED) is 0.742. The minimum atomic E-state index is -0.181. The monoisotopic (exact) mass is 346 g/mol. The van der Waals surface area contributed by atoms with Crippen molar-refractivity contribution in [3.8, 4) is 0 Å². The maximum atomic E-state index is 12.0. The SMILES string of the molecule is CC(NC(=O)NCc1ccc(N2CCNC(=O)C2)cc1)C1CCCO1. The Labute approximate surface area is 148 Å². The molecular formula is C18H26N4O3. The van der Waals surface area contributed by atoms with Crippen LogP contribution in [0.3, 0.4) is 0 Å². The molecule has 2 aliphatic heterocycles. The van der Waals surface area contributed by atoms with Crippen LogP contribution in [-0.4, -0.2) is 50.3 Å². The highest BCUT2D eigenvalue weighted by atomic mass is 16.5. The van der Waals surface area contributed by atoms with Crippen molar-refractivity contribution in [3.63, 3.8) is 0 Å². The van der Waals surface area contributed by atoms with E-state index < -0.39 is 0 Å². The van der Waals surface area contributed by atoms with E-state index in [0.29, 0.717) is 19.6 Å². The zero-order valence-corrected chi connectivity index (χ0v) is 14.6. The number of rotatable bonds is 5. The Bertz CT molecular complexity index is 599. The molecule has 0 bridgehead atoms. The molecule has 0 aliphatic carbocycles. The predicted octanol–water partition coefficient (Wildman–Crippen LogP) is 0.990. The smallest absolute Gasteiger partial charge is 0.315 e. The van der Waals surface area contributed by atoms with Crippen molar-refractivity contribution in [1.82, 2.24) is 16.0 Å². The predicted molar refractivity (Wildman–Crippen MR) is 95.5 cm³/mol. The molecule has 0 radical (unpaired) electrons. The Morgan fingerprint density at radius 3 is 2.88 bits per heavy atom. The molecule has 1 aromatic rings. The van der Waals surface area contributed by atoms with Crippen LogP contribution >= 0.6 is 0 Å². The first kappa shape index (κ1) is 17.5. The molecule has 2 unspecified atom stereocenters. The summed E-state index contributed by atoms with van der Waals surface area (Å²) in [4.78, 5) is 25.5. The Morgan fingerprint density at radius 1 is 1.40 bits per heavy atom. The highest BCUT2D eigenvalue weighted by Crippen LogP contribution is 2.16. The lowest BCUT2D eigenvalue weighted by molar-refractivity contribution is -0.120. The number of hydrogen-bond acceptors (Lipinski definition) is 4. The second-order valence-corrected chi connectivity index (χ2v) is 6.61. The molecule has 0 spiro atoms. The van der Waals surface area contributed by atoms with Gasteiger partial charge in [0, 0.05) is 31.9 Å². The molecule has 7 nitrogen and oxygen atoms in total. The zero-order chi connectivity index (χ0) is 17.6. The van der Waals surface area contributed by atoms with E-state index in [1.165, 1.54) is 0 Å². The Kier molecular flexibility index (Phi) is 5.75. The standard InChI is InChI=1S/C18H26N4O3/c1-13(16-3-2-10-25-16)21-18(24)20-11-14-4-6-15(7-5-14)22-9-8-19-17(23)12-22/h4-7,13,16H,2-3,8-12H2,1H3,(H,19,23)(H2,20,21,24). The number of nitrogens with zero attached hydrogens (tertiary/aromatic N) is 1. The second kappa shape index (κ2) is 8.20. The van der Waals surface area contributed by atoms with Crippen LogP contribution in [0.5, 0.6) is 0 Å². The number of nitrogens with one attached hydrogen (secondary N) is 3.